The minimum absolute atomic E-state index is 0.109. The summed E-state index contributed by atoms with van der Waals surface area (Å²) in [6.07, 6.45) is 0. The van der Waals surface area contributed by atoms with Crippen LogP contribution in [0.5, 0.6) is 0 Å². The smallest absolute Gasteiger partial charge is 0.204 e. The quantitative estimate of drug-likeness (QED) is 0.191. The zero-order chi connectivity index (χ0) is 21.3. The van der Waals surface area contributed by atoms with Crippen LogP contribution in [0.4, 0.5) is 5.69 Å². The second-order valence-electron chi connectivity index (χ2n) is 6.09. The van der Waals surface area contributed by atoms with Crippen LogP contribution in [0.1, 0.15) is 15.9 Å². The first-order chi connectivity index (χ1) is 14.7. The van der Waals surface area contributed by atoms with Gasteiger partial charge in [0.2, 0.25) is 5.78 Å². The number of para-hydroxylation sites is 1. The molecule has 3 rings (SSSR count). The number of hydrogen-bond donors (Lipinski definition) is 1. The zero-order valence-electron chi connectivity index (χ0n) is 15.7. The maximum Gasteiger partial charge on any atom is 0.204 e. The number of nitrogens with one attached hydrogen (secondary N) is 1. The summed E-state index contributed by atoms with van der Waals surface area (Å²) in [5.41, 5.74) is 3.98. The Bertz CT molecular complexity index is 1200. The van der Waals surface area contributed by atoms with Crippen molar-refractivity contribution in [3.8, 4) is 12.1 Å². The van der Waals surface area contributed by atoms with Gasteiger partial charge in [0, 0.05) is 11.1 Å². The second-order valence-corrected chi connectivity index (χ2v) is 6.49. The molecule has 0 heterocycles. The highest BCUT2D eigenvalue weighted by Gasteiger charge is 2.22. The summed E-state index contributed by atoms with van der Waals surface area (Å²) in [7, 11) is 0. The van der Waals surface area contributed by atoms with E-state index in [-0.39, 0.29) is 16.9 Å². The van der Waals surface area contributed by atoms with Crippen molar-refractivity contribution < 1.29 is 4.79 Å². The van der Waals surface area contributed by atoms with E-state index in [1.165, 1.54) is 0 Å². The minimum Gasteiger partial charge on any atom is -0.288 e. The largest absolute Gasteiger partial charge is 0.288 e. The molecule has 0 radical (unpaired) electrons. The number of allylic oxidation sites excluding steroid dienone is 2. The van der Waals surface area contributed by atoms with Gasteiger partial charge in [0.25, 0.3) is 0 Å². The van der Waals surface area contributed by atoms with Crippen molar-refractivity contribution in [3.63, 3.8) is 0 Å². The third-order valence-corrected chi connectivity index (χ3v) is 4.52. The molecule has 5 nitrogen and oxygen atoms in total. The molecule has 0 aromatic heterocycles. The third kappa shape index (κ3) is 4.62. The molecule has 0 aliphatic rings. The van der Waals surface area contributed by atoms with E-state index in [2.05, 4.69) is 10.5 Å². The van der Waals surface area contributed by atoms with E-state index < -0.39 is 5.78 Å². The van der Waals surface area contributed by atoms with Crippen LogP contribution >= 0.6 is 11.6 Å². The van der Waals surface area contributed by atoms with E-state index in [4.69, 9.17) is 11.6 Å². The molecule has 30 heavy (non-hydrogen) atoms. The molecule has 3 aromatic carbocycles. The molecule has 3 aromatic rings. The highest BCUT2D eigenvalue weighted by molar-refractivity contribution is 6.37. The predicted octanol–water partition coefficient (Wildman–Crippen LogP) is 5.49. The second kappa shape index (κ2) is 9.84. The Morgan fingerprint density at radius 3 is 1.93 bits per heavy atom. The van der Waals surface area contributed by atoms with Crippen LogP contribution in [0, 0.1) is 22.7 Å². The van der Waals surface area contributed by atoms with Gasteiger partial charge in [0.05, 0.1) is 10.7 Å². The van der Waals surface area contributed by atoms with Crippen molar-refractivity contribution in [2.45, 2.75) is 0 Å². The molecular weight excluding hydrogens is 396 g/mol. The number of halogens is 1. The number of rotatable bonds is 6. The van der Waals surface area contributed by atoms with Crippen LogP contribution in [-0.4, -0.2) is 11.5 Å². The molecule has 0 aliphatic heterocycles. The van der Waals surface area contributed by atoms with Crippen LogP contribution in [-0.2, 0) is 0 Å². The maximum absolute atomic E-state index is 13.1. The number of anilines is 1. The first-order valence-corrected chi connectivity index (χ1v) is 9.31. The van der Waals surface area contributed by atoms with E-state index in [9.17, 15) is 15.3 Å². The van der Waals surface area contributed by atoms with Crippen LogP contribution in [0.15, 0.2) is 95.6 Å². The van der Waals surface area contributed by atoms with Gasteiger partial charge in [-0.15, -0.1) is 0 Å². The number of Topliss-reactive ketones (excluding diaryl/α,β-unsaturated/α-hetero) is 1. The molecule has 144 valence electrons. The number of carbonyl (C=O) groups excluding carboxylic acids is 1. The third-order valence-electron chi connectivity index (χ3n) is 4.19. The van der Waals surface area contributed by atoms with Gasteiger partial charge in [0.1, 0.15) is 17.7 Å². The standard InChI is InChI=1S/C24H15ClN4O/c25-20-13-7-8-14-21(20)28-29-22(16-27)23(17-9-3-1-4-10-17)19(15-26)24(30)18-11-5-2-6-12-18/h1-14,28H/b23-19+,29-22+. The predicted molar refractivity (Wildman–Crippen MR) is 118 cm³/mol. The van der Waals surface area contributed by atoms with Crippen molar-refractivity contribution >= 4 is 34.4 Å². The topological polar surface area (TPSA) is 89.0 Å². The number of nitrogens with zero attached hydrogens (tertiary/aromatic N) is 3. The molecular formula is C24H15ClN4O. The Morgan fingerprint density at radius 2 is 1.37 bits per heavy atom. The van der Waals surface area contributed by atoms with Gasteiger partial charge in [-0.2, -0.15) is 15.6 Å². The summed E-state index contributed by atoms with van der Waals surface area (Å²) >= 11 is 6.13. The molecule has 0 saturated carbocycles. The summed E-state index contributed by atoms with van der Waals surface area (Å²) in [6.45, 7) is 0. The summed E-state index contributed by atoms with van der Waals surface area (Å²) < 4.78 is 0. The highest BCUT2D eigenvalue weighted by atomic mass is 35.5. The van der Waals surface area contributed by atoms with Crippen molar-refractivity contribution in [1.29, 1.82) is 10.5 Å². The first kappa shape index (κ1) is 20.5. The molecule has 1 N–H and O–H groups in total. The minimum atomic E-state index is -0.488. The number of nitriles is 2. The van der Waals surface area contributed by atoms with Crippen LogP contribution in [0.2, 0.25) is 5.02 Å². The molecule has 0 saturated heterocycles. The molecule has 0 bridgehead atoms. The molecule has 6 heteroatoms. The number of benzene rings is 3. The number of carbonyl (C=O) groups is 1. The lowest BCUT2D eigenvalue weighted by molar-refractivity contribution is 0.104. The van der Waals surface area contributed by atoms with E-state index in [1.807, 2.05) is 12.1 Å². The Kier molecular flexibility index (Phi) is 6.74. The fourth-order valence-electron chi connectivity index (χ4n) is 2.76. The van der Waals surface area contributed by atoms with Crippen molar-refractivity contribution in [1.82, 2.24) is 0 Å². The lowest BCUT2D eigenvalue weighted by Gasteiger charge is -2.10. The summed E-state index contributed by atoms with van der Waals surface area (Å²) in [5, 5.41) is 24.2. The van der Waals surface area contributed by atoms with Gasteiger partial charge in [-0.25, -0.2) is 0 Å². The van der Waals surface area contributed by atoms with Gasteiger partial charge >= 0.3 is 0 Å². The Labute approximate surface area is 179 Å². The normalized spacial score (nSPS) is 11.6. The molecule has 0 unspecified atom stereocenters. The van der Waals surface area contributed by atoms with Gasteiger partial charge in [0.15, 0.2) is 5.71 Å². The molecule has 0 aliphatic carbocycles. The first-order valence-electron chi connectivity index (χ1n) is 8.94. The average Bonchev–Trinajstić information content (AvgIpc) is 2.80. The maximum atomic E-state index is 13.1. The number of ketones is 1. The average molecular weight is 411 g/mol. The number of hydrazone groups is 1. The summed E-state index contributed by atoms with van der Waals surface area (Å²) in [5.74, 6) is -0.488. The summed E-state index contributed by atoms with van der Waals surface area (Å²) in [4.78, 5) is 13.1. The van der Waals surface area contributed by atoms with Gasteiger partial charge in [-0.1, -0.05) is 84.4 Å². The SMILES string of the molecule is N#CC(=N\Nc1ccccc1Cl)/C(=C(\C#N)C(=O)c1ccccc1)c1ccccc1. The Hall–Kier alpha value is -4.19. The monoisotopic (exact) mass is 410 g/mol. The van der Waals surface area contributed by atoms with Gasteiger partial charge in [-0.05, 0) is 17.7 Å². The van der Waals surface area contributed by atoms with Gasteiger partial charge < -0.3 is 0 Å². The van der Waals surface area contributed by atoms with Crippen molar-refractivity contribution in [2.24, 2.45) is 5.10 Å². The van der Waals surface area contributed by atoms with Crippen molar-refractivity contribution in [3.05, 3.63) is 107 Å². The Balaban J connectivity index is 2.16. The molecule has 0 fully saturated rings. The van der Waals surface area contributed by atoms with Gasteiger partial charge in [-0.3, -0.25) is 10.2 Å². The molecule has 0 atom stereocenters. The summed E-state index contributed by atoms with van der Waals surface area (Å²) in [6, 6.07) is 28.1. The molecule has 0 spiro atoms. The van der Waals surface area contributed by atoms with E-state index in [1.54, 1.807) is 84.9 Å². The van der Waals surface area contributed by atoms with Crippen LogP contribution in [0.25, 0.3) is 5.57 Å². The lowest BCUT2D eigenvalue weighted by Crippen LogP contribution is -2.12. The Morgan fingerprint density at radius 1 is 0.800 bits per heavy atom. The van der Waals surface area contributed by atoms with Crippen LogP contribution in [0.3, 0.4) is 0 Å². The fraction of sp³-hybridized carbons (Fsp3) is 0. The van der Waals surface area contributed by atoms with Crippen LogP contribution < -0.4 is 5.43 Å². The lowest BCUT2D eigenvalue weighted by atomic mass is 9.92. The number of hydrogen-bond acceptors (Lipinski definition) is 5. The highest BCUT2D eigenvalue weighted by Crippen LogP contribution is 2.25. The fourth-order valence-corrected chi connectivity index (χ4v) is 2.94. The van der Waals surface area contributed by atoms with E-state index >= 15 is 0 Å². The van der Waals surface area contributed by atoms with E-state index in [0.717, 1.165) is 0 Å². The van der Waals surface area contributed by atoms with Crippen molar-refractivity contribution in [2.75, 3.05) is 5.43 Å². The van der Waals surface area contributed by atoms with E-state index in [0.29, 0.717) is 21.8 Å². The zero-order valence-corrected chi connectivity index (χ0v) is 16.5. The molecule has 0 amide bonds.